The molecule has 0 aliphatic carbocycles. The topological polar surface area (TPSA) is 117 Å². The predicted octanol–water partition coefficient (Wildman–Crippen LogP) is 0.747. The minimum absolute atomic E-state index is 0.152. The lowest BCUT2D eigenvalue weighted by Gasteiger charge is -2.32. The molecular formula is C17H19N5O4. The van der Waals surface area contributed by atoms with Gasteiger partial charge in [0.2, 0.25) is 0 Å². The molecule has 1 aliphatic rings. The van der Waals surface area contributed by atoms with Gasteiger partial charge in [0.05, 0.1) is 5.69 Å². The molecule has 0 radical (unpaired) electrons. The van der Waals surface area contributed by atoms with Gasteiger partial charge in [-0.05, 0) is 31.9 Å². The van der Waals surface area contributed by atoms with Crippen LogP contribution in [0.3, 0.4) is 0 Å². The zero-order valence-corrected chi connectivity index (χ0v) is 14.5. The van der Waals surface area contributed by atoms with Crippen molar-refractivity contribution in [2.75, 3.05) is 11.4 Å². The number of anilines is 1. The normalized spacial score (nSPS) is 17.2. The van der Waals surface area contributed by atoms with Gasteiger partial charge in [0, 0.05) is 31.4 Å². The highest BCUT2D eigenvalue weighted by atomic mass is 16.4. The largest absolute Gasteiger partial charge is 0.477 e. The van der Waals surface area contributed by atoms with Crippen molar-refractivity contribution < 1.29 is 19.5 Å². The molecule has 1 unspecified atom stereocenters. The molecule has 0 aromatic carbocycles. The van der Waals surface area contributed by atoms with Crippen molar-refractivity contribution in [3.05, 3.63) is 41.3 Å². The van der Waals surface area contributed by atoms with Gasteiger partial charge in [0.25, 0.3) is 11.8 Å². The van der Waals surface area contributed by atoms with Gasteiger partial charge < -0.3 is 10.4 Å². The molecule has 1 fully saturated rings. The highest BCUT2D eigenvalue weighted by molar-refractivity contribution is 6.03. The summed E-state index contributed by atoms with van der Waals surface area (Å²) in [5.74, 6) is -1.24. The number of aromatic nitrogens is 3. The van der Waals surface area contributed by atoms with E-state index in [1.165, 1.54) is 18.3 Å². The average molecular weight is 357 g/mol. The van der Waals surface area contributed by atoms with Gasteiger partial charge in [0.1, 0.15) is 17.6 Å². The van der Waals surface area contributed by atoms with Crippen LogP contribution in [-0.4, -0.2) is 50.2 Å². The van der Waals surface area contributed by atoms with Crippen LogP contribution in [0.25, 0.3) is 0 Å². The van der Waals surface area contributed by atoms with E-state index in [4.69, 9.17) is 5.11 Å². The quantitative estimate of drug-likeness (QED) is 0.834. The number of carbonyl (C=O) groups excluding carboxylic acids is 2. The second-order valence-electron chi connectivity index (χ2n) is 6.16. The van der Waals surface area contributed by atoms with Gasteiger partial charge >= 0.3 is 5.97 Å². The summed E-state index contributed by atoms with van der Waals surface area (Å²) in [6.45, 7) is 2.41. The van der Waals surface area contributed by atoms with Gasteiger partial charge in [0.15, 0.2) is 0 Å². The Morgan fingerprint density at radius 2 is 2.12 bits per heavy atom. The first-order valence-electron chi connectivity index (χ1n) is 8.19. The summed E-state index contributed by atoms with van der Waals surface area (Å²) in [6.07, 6.45) is 2.51. The third-order valence-corrected chi connectivity index (χ3v) is 4.24. The Labute approximate surface area is 149 Å². The Bertz CT molecular complexity index is 876. The Kier molecular flexibility index (Phi) is 4.70. The van der Waals surface area contributed by atoms with Crippen molar-refractivity contribution in [3.8, 4) is 0 Å². The fourth-order valence-electron chi connectivity index (χ4n) is 3.02. The van der Waals surface area contributed by atoms with Crippen LogP contribution in [0.5, 0.6) is 0 Å². The van der Waals surface area contributed by atoms with Crippen LogP contribution >= 0.6 is 0 Å². The van der Waals surface area contributed by atoms with Crippen molar-refractivity contribution >= 4 is 23.6 Å². The summed E-state index contributed by atoms with van der Waals surface area (Å²) >= 11 is 0. The number of nitrogens with one attached hydrogen (secondary N) is 1. The third kappa shape index (κ3) is 3.41. The van der Waals surface area contributed by atoms with Crippen molar-refractivity contribution in [3.63, 3.8) is 0 Å². The van der Waals surface area contributed by atoms with Crippen LogP contribution in [0.15, 0.2) is 24.4 Å². The highest BCUT2D eigenvalue weighted by Gasteiger charge is 2.32. The molecule has 136 valence electrons. The van der Waals surface area contributed by atoms with Crippen LogP contribution in [0, 0.1) is 6.92 Å². The van der Waals surface area contributed by atoms with E-state index in [9.17, 15) is 14.4 Å². The van der Waals surface area contributed by atoms with Crippen molar-refractivity contribution in [2.24, 2.45) is 7.05 Å². The second-order valence-corrected chi connectivity index (χ2v) is 6.16. The molecular weight excluding hydrogens is 338 g/mol. The molecule has 0 bridgehead atoms. The van der Waals surface area contributed by atoms with Crippen molar-refractivity contribution in [1.82, 2.24) is 20.1 Å². The molecule has 2 amide bonds. The number of carboxylic acids is 1. The Morgan fingerprint density at radius 1 is 1.35 bits per heavy atom. The summed E-state index contributed by atoms with van der Waals surface area (Å²) in [6, 6.07) is 3.75. The number of aromatic carboxylic acids is 1. The molecule has 0 saturated carbocycles. The lowest BCUT2D eigenvalue weighted by molar-refractivity contribution is -0.121. The smallest absolute Gasteiger partial charge is 0.354 e. The fraction of sp³-hybridized carbons (Fsp3) is 0.353. The minimum atomic E-state index is -1.22. The van der Waals surface area contributed by atoms with Crippen LogP contribution in [0.2, 0.25) is 0 Å². The monoisotopic (exact) mass is 357 g/mol. The van der Waals surface area contributed by atoms with Crippen LogP contribution in [-0.2, 0) is 11.8 Å². The lowest BCUT2D eigenvalue weighted by atomic mass is 10.0. The Balaban J connectivity index is 1.76. The van der Waals surface area contributed by atoms with E-state index in [-0.39, 0.29) is 17.2 Å². The van der Waals surface area contributed by atoms with Crippen LogP contribution in [0.4, 0.5) is 5.82 Å². The number of nitrogens with zero attached hydrogens (tertiary/aromatic N) is 4. The summed E-state index contributed by atoms with van der Waals surface area (Å²) in [5.41, 5.74) is 0.734. The maximum Gasteiger partial charge on any atom is 0.354 e. The molecule has 3 rings (SSSR count). The number of piperidine rings is 1. The Hall–Kier alpha value is -3.23. The molecule has 2 aromatic rings. The zero-order valence-electron chi connectivity index (χ0n) is 14.5. The second kappa shape index (κ2) is 6.95. The molecule has 1 saturated heterocycles. The van der Waals surface area contributed by atoms with Gasteiger partial charge in [-0.15, -0.1) is 0 Å². The van der Waals surface area contributed by atoms with E-state index >= 15 is 0 Å². The first-order chi connectivity index (χ1) is 12.4. The third-order valence-electron chi connectivity index (χ3n) is 4.24. The van der Waals surface area contributed by atoms with Crippen molar-refractivity contribution in [2.45, 2.75) is 25.8 Å². The molecule has 1 aliphatic heterocycles. The molecule has 2 aromatic heterocycles. The van der Waals surface area contributed by atoms with Crippen LogP contribution in [0.1, 0.15) is 39.4 Å². The minimum Gasteiger partial charge on any atom is -0.477 e. The molecule has 9 nitrogen and oxygen atoms in total. The molecule has 0 spiro atoms. The zero-order chi connectivity index (χ0) is 18.8. The number of aryl methyl sites for hydroxylation is 2. The van der Waals surface area contributed by atoms with Gasteiger partial charge in [-0.1, -0.05) is 0 Å². The first-order valence-corrected chi connectivity index (χ1v) is 8.19. The molecule has 3 heterocycles. The number of hydrogen-bond acceptors (Lipinski definition) is 5. The maximum atomic E-state index is 12.8. The van der Waals surface area contributed by atoms with E-state index < -0.39 is 17.9 Å². The Morgan fingerprint density at radius 3 is 2.77 bits per heavy atom. The SMILES string of the molecule is Cc1cc(N2CCCC(NC(=O)c3ccnc(C(=O)O)c3)C2=O)n(C)n1. The summed E-state index contributed by atoms with van der Waals surface area (Å²) in [4.78, 5) is 41.5. The lowest BCUT2D eigenvalue weighted by Crippen LogP contribution is -2.53. The number of pyridine rings is 1. The fourth-order valence-corrected chi connectivity index (χ4v) is 3.02. The average Bonchev–Trinajstić information content (AvgIpc) is 2.95. The highest BCUT2D eigenvalue weighted by Crippen LogP contribution is 2.21. The maximum absolute atomic E-state index is 12.8. The van der Waals surface area contributed by atoms with Crippen molar-refractivity contribution in [1.29, 1.82) is 0 Å². The summed E-state index contributed by atoms with van der Waals surface area (Å²) < 4.78 is 1.64. The van der Waals surface area contributed by atoms with E-state index in [0.717, 1.165) is 12.1 Å². The van der Waals surface area contributed by atoms with E-state index in [2.05, 4.69) is 15.4 Å². The molecule has 2 N–H and O–H groups in total. The predicted molar refractivity (Wildman–Crippen MR) is 92.0 cm³/mol. The first kappa shape index (κ1) is 17.6. The van der Waals surface area contributed by atoms with Gasteiger partial charge in [-0.3, -0.25) is 19.2 Å². The standard InChI is InChI=1S/C17H19N5O4/c1-10-8-14(21(2)20-10)22-7-3-4-12(16(22)24)19-15(23)11-5-6-18-13(9-11)17(25)26/h5-6,8-9,12H,3-4,7H2,1-2H3,(H,19,23)(H,25,26). The number of carbonyl (C=O) groups is 3. The van der Waals surface area contributed by atoms with E-state index in [1.54, 1.807) is 16.6 Å². The van der Waals surface area contributed by atoms with E-state index in [0.29, 0.717) is 18.8 Å². The molecule has 1 atom stereocenters. The summed E-state index contributed by atoms with van der Waals surface area (Å²) in [7, 11) is 1.77. The molecule has 26 heavy (non-hydrogen) atoms. The number of rotatable bonds is 4. The van der Waals surface area contributed by atoms with Gasteiger partial charge in [-0.2, -0.15) is 5.10 Å². The number of hydrogen-bond donors (Lipinski definition) is 2. The number of amides is 2. The summed E-state index contributed by atoms with van der Waals surface area (Å²) in [5, 5.41) is 15.9. The van der Waals surface area contributed by atoms with E-state index in [1.807, 2.05) is 13.0 Å². The molecule has 9 heteroatoms. The van der Waals surface area contributed by atoms with Crippen LogP contribution < -0.4 is 10.2 Å². The van der Waals surface area contributed by atoms with Gasteiger partial charge in [-0.25, -0.2) is 9.78 Å². The number of carboxylic acid groups (broad SMARTS) is 1.